The molecule has 0 radical (unpaired) electrons. The molecule has 82 heavy (non-hydrogen) atoms. The quantitative estimate of drug-likeness (QED) is 0.0719. The molecule has 1 aromatic carbocycles. The Morgan fingerprint density at radius 3 is 1.90 bits per heavy atom. The van der Waals surface area contributed by atoms with Crippen LogP contribution in [0.1, 0.15) is 89.4 Å². The van der Waals surface area contributed by atoms with Crippen LogP contribution in [0.2, 0.25) is 0 Å². The average Bonchev–Trinajstić information content (AvgIpc) is 2.80. The second kappa shape index (κ2) is 24.0. The van der Waals surface area contributed by atoms with E-state index < -0.39 is 179 Å². The molecule has 1 spiro atoms. The second-order valence-electron chi connectivity index (χ2n) is 25.9. The Kier molecular flexibility index (Phi) is 18.0. The van der Waals surface area contributed by atoms with Gasteiger partial charge in [-0.15, -0.1) is 0 Å². The number of ether oxygens (including phenoxy) is 11. The highest BCUT2D eigenvalue weighted by Crippen LogP contribution is 2.71. The number of aliphatic hydroxyl groups excluding tert-OH is 13. The third kappa shape index (κ3) is 10.7. The van der Waals surface area contributed by atoms with E-state index in [9.17, 15) is 71.2 Å². The molecule has 4 aliphatic carbocycles. The lowest BCUT2D eigenvalue weighted by Gasteiger charge is -2.63. The van der Waals surface area contributed by atoms with Crippen molar-refractivity contribution in [1.82, 2.24) is 0 Å². The molecule has 4 saturated carbocycles. The molecule has 0 bridgehead atoms. The first-order chi connectivity index (χ1) is 39.1. The van der Waals surface area contributed by atoms with Gasteiger partial charge in [-0.2, -0.15) is 0 Å². The Hall–Kier alpha value is -2.23. The Morgan fingerprint density at radius 1 is 0.573 bits per heavy atom. The van der Waals surface area contributed by atoms with Crippen LogP contribution < -0.4 is 0 Å². The number of hydrogen-bond acceptors (Lipinski definition) is 25. The van der Waals surface area contributed by atoms with E-state index in [1.807, 2.05) is 0 Å². The predicted molar refractivity (Wildman–Crippen MR) is 275 cm³/mol. The number of carbonyl (C=O) groups is 1. The highest BCUT2D eigenvalue weighted by atomic mass is 16.8. The van der Waals surface area contributed by atoms with Gasteiger partial charge in [-0.05, 0) is 103 Å². The van der Waals surface area contributed by atoms with Gasteiger partial charge in [0, 0.05) is 12.3 Å². The van der Waals surface area contributed by atoms with Crippen LogP contribution in [-0.2, 0) is 52.1 Å². The van der Waals surface area contributed by atoms with Crippen LogP contribution in [0.4, 0.5) is 0 Å². The van der Waals surface area contributed by atoms with Crippen molar-refractivity contribution in [3.05, 3.63) is 35.9 Å². The van der Waals surface area contributed by atoms with Crippen LogP contribution in [0.3, 0.4) is 0 Å². The van der Waals surface area contributed by atoms with Crippen LogP contribution >= 0.6 is 0 Å². The van der Waals surface area contributed by atoms with Gasteiger partial charge in [0.2, 0.25) is 0 Å². The molecule has 0 aromatic heterocycles. The van der Waals surface area contributed by atoms with Gasteiger partial charge in [-0.3, -0.25) is 0 Å². The van der Waals surface area contributed by atoms with Gasteiger partial charge in [-0.1, -0.05) is 45.9 Å². The van der Waals surface area contributed by atoms with Crippen LogP contribution in [-0.4, -0.2) is 252 Å². The summed E-state index contributed by atoms with van der Waals surface area (Å²) in [6, 6.07) is 7.81. The summed E-state index contributed by atoms with van der Waals surface area (Å²) in [5, 5.41) is 146. The molecule has 13 N–H and O–H groups in total. The van der Waals surface area contributed by atoms with E-state index in [4.69, 9.17) is 52.1 Å². The topological polar surface area (TPSA) is 382 Å². The molecule has 6 heterocycles. The number of aliphatic hydroxyl groups is 13. The molecule has 6 saturated heterocycles. The average molecular weight is 1170 g/mol. The Balaban J connectivity index is 0.780. The van der Waals surface area contributed by atoms with Crippen molar-refractivity contribution < 1.29 is 123 Å². The van der Waals surface area contributed by atoms with Gasteiger partial charge in [0.25, 0.3) is 0 Å². The summed E-state index contributed by atoms with van der Waals surface area (Å²) in [5.41, 5.74) is -0.343. The smallest absolute Gasteiger partial charge is 0.338 e. The maximum atomic E-state index is 12.9. The zero-order chi connectivity index (χ0) is 58.5. The third-order valence-corrected chi connectivity index (χ3v) is 21.3. The number of benzene rings is 1. The van der Waals surface area contributed by atoms with Crippen LogP contribution in [0.15, 0.2) is 30.3 Å². The van der Waals surface area contributed by atoms with Crippen molar-refractivity contribution in [3.8, 4) is 0 Å². The van der Waals surface area contributed by atoms with Gasteiger partial charge in [0.15, 0.2) is 37.1 Å². The lowest BCUT2D eigenvalue weighted by Crippen LogP contribution is -2.68. The zero-order valence-electron chi connectivity index (χ0n) is 46.6. The Labute approximate surface area is 475 Å². The summed E-state index contributed by atoms with van der Waals surface area (Å²) >= 11 is 0. The summed E-state index contributed by atoms with van der Waals surface area (Å²) in [7, 11) is 0. The van der Waals surface area contributed by atoms with Gasteiger partial charge < -0.3 is 118 Å². The predicted octanol–water partition coefficient (Wildman–Crippen LogP) is -2.46. The fourth-order valence-electron chi connectivity index (χ4n) is 16.8. The molecule has 1 aromatic rings. The number of rotatable bonds is 13. The number of carbonyl (C=O) groups excluding carboxylic acids is 1. The number of esters is 1. The Morgan fingerprint density at radius 2 is 1.21 bits per heavy atom. The zero-order valence-corrected chi connectivity index (χ0v) is 46.6. The summed E-state index contributed by atoms with van der Waals surface area (Å²) in [6.07, 6.45) is -31.9. The van der Waals surface area contributed by atoms with E-state index >= 15 is 0 Å². The lowest BCUT2D eigenvalue weighted by molar-refractivity contribution is -0.404. The first-order valence-electron chi connectivity index (χ1n) is 29.5. The minimum absolute atomic E-state index is 0.00612. The van der Waals surface area contributed by atoms with Gasteiger partial charge >= 0.3 is 5.97 Å². The van der Waals surface area contributed by atoms with E-state index in [2.05, 4.69) is 27.7 Å². The van der Waals surface area contributed by atoms with E-state index in [1.165, 1.54) is 12.1 Å². The molecule has 33 unspecified atom stereocenters. The minimum atomic E-state index is -2.07. The van der Waals surface area contributed by atoms with Crippen molar-refractivity contribution in [1.29, 1.82) is 0 Å². The molecular weight excluding hydrogens is 1080 g/mol. The first-order valence-corrected chi connectivity index (χ1v) is 29.5. The van der Waals surface area contributed by atoms with Crippen molar-refractivity contribution in [2.24, 2.45) is 52.3 Å². The molecule has 11 rings (SSSR count). The van der Waals surface area contributed by atoms with Crippen molar-refractivity contribution in [3.63, 3.8) is 0 Å². The third-order valence-electron chi connectivity index (χ3n) is 21.3. The Bertz CT molecular complexity index is 2310. The summed E-state index contributed by atoms with van der Waals surface area (Å²) in [5.74, 6) is 0.0658. The molecule has 10 fully saturated rings. The fraction of sp³-hybridized carbons (Fsp3) is 0.877. The van der Waals surface area contributed by atoms with E-state index in [-0.39, 0.29) is 53.6 Å². The summed E-state index contributed by atoms with van der Waals surface area (Å²) < 4.78 is 67.1. The van der Waals surface area contributed by atoms with E-state index in [0.29, 0.717) is 30.8 Å². The highest BCUT2D eigenvalue weighted by molar-refractivity contribution is 5.89. The molecule has 10 aliphatic rings. The SMILES string of the molecule is CC1CCC2(OC1)OC1CC3C4CC(O)C5CC(OC6OC(CO)C(OC7OC(CO)C(O)C(OC8OCC(OC(=O)c9ccccc9)C(O)C8O)C7OC7OC(CO)C(O)C(O)C7O)C(O)C6O)C(O)CC5(C)C4CCC3(C)C1C2C. The number of hydrogen-bond donors (Lipinski definition) is 13. The molecule has 6 aliphatic heterocycles. The van der Waals surface area contributed by atoms with Gasteiger partial charge in [0.1, 0.15) is 85.5 Å². The largest absolute Gasteiger partial charge is 0.453 e. The molecule has 25 nitrogen and oxygen atoms in total. The molecule has 464 valence electrons. The van der Waals surface area contributed by atoms with Crippen LogP contribution in [0.5, 0.6) is 0 Å². The maximum absolute atomic E-state index is 12.9. The van der Waals surface area contributed by atoms with E-state index in [1.54, 1.807) is 18.2 Å². The molecular formula is C57H86O25. The van der Waals surface area contributed by atoms with Gasteiger partial charge in [0.05, 0.1) is 63.0 Å². The molecule has 33 atom stereocenters. The second-order valence-corrected chi connectivity index (χ2v) is 25.9. The first kappa shape index (κ1) is 61.4. The van der Waals surface area contributed by atoms with E-state index in [0.717, 1.165) is 32.1 Å². The standard InChI is InChI=1S/C57H86O25/c1-23-10-13-57(73-21-23)24(2)38-33(82-57)15-28-26-14-30(61)29-16-32(31(62)17-56(29,4)27(26)11-12-55(28,38)3)75-52-46(70)43(67)47(36(20-60)78-52)79-54-49(81-53-45(69)42(66)39(63)34(18-58)76-53)48(41(65)35(19-59)77-54)80-51-44(68)40(64)37(22-72-51)74-50(71)25-8-6-5-7-9-25/h5-9,23-24,26-49,51-54,58-70H,10-22H2,1-4H3. The minimum Gasteiger partial charge on any atom is -0.453 e. The molecule has 0 amide bonds. The van der Waals surface area contributed by atoms with Crippen LogP contribution in [0.25, 0.3) is 0 Å². The summed E-state index contributed by atoms with van der Waals surface area (Å²) in [4.78, 5) is 12.9. The van der Waals surface area contributed by atoms with Crippen LogP contribution in [0, 0.1) is 52.3 Å². The van der Waals surface area contributed by atoms with Crippen molar-refractivity contribution >= 4 is 5.97 Å². The molecule has 25 heteroatoms. The van der Waals surface area contributed by atoms with Crippen molar-refractivity contribution in [2.45, 2.75) is 226 Å². The fourth-order valence-corrected chi connectivity index (χ4v) is 16.8. The maximum Gasteiger partial charge on any atom is 0.338 e. The van der Waals surface area contributed by atoms with Crippen molar-refractivity contribution in [2.75, 3.05) is 33.0 Å². The highest BCUT2D eigenvalue weighted by Gasteiger charge is 2.70. The van der Waals surface area contributed by atoms with Gasteiger partial charge in [-0.25, -0.2) is 4.79 Å². The normalized spacial score (nSPS) is 53.9. The number of fused-ring (bicyclic) bond motifs is 7. The lowest BCUT2D eigenvalue weighted by atomic mass is 9.43. The monoisotopic (exact) mass is 1170 g/mol. The summed E-state index contributed by atoms with van der Waals surface area (Å²) in [6.45, 7) is 6.50.